The molecule has 1 saturated carbocycles. The fourth-order valence-corrected chi connectivity index (χ4v) is 1.55. The molecule has 2 rings (SSSR count). The van der Waals surface area contributed by atoms with Crippen LogP contribution in [0.25, 0.3) is 0 Å². The average Bonchev–Trinajstić information content (AvgIpc) is 3.01. The van der Waals surface area contributed by atoms with Gasteiger partial charge in [0.05, 0.1) is 13.2 Å². The van der Waals surface area contributed by atoms with Crippen LogP contribution in [0.15, 0.2) is 16.5 Å². The van der Waals surface area contributed by atoms with Gasteiger partial charge in [-0.2, -0.15) is 0 Å². The van der Waals surface area contributed by atoms with Crippen molar-refractivity contribution in [3.05, 3.63) is 23.7 Å². The zero-order valence-corrected chi connectivity index (χ0v) is 10.7. The molecular weight excluding hydrogens is 216 g/mol. The maximum Gasteiger partial charge on any atom is 0.129 e. The first-order valence-corrected chi connectivity index (χ1v) is 6.27. The van der Waals surface area contributed by atoms with Crippen LogP contribution < -0.4 is 5.32 Å². The van der Waals surface area contributed by atoms with Gasteiger partial charge in [-0.3, -0.25) is 0 Å². The molecule has 0 saturated heterocycles. The summed E-state index contributed by atoms with van der Waals surface area (Å²) in [6.45, 7) is 3.08. The minimum Gasteiger partial charge on any atom is -0.462 e. The first-order valence-electron chi connectivity index (χ1n) is 6.27. The second kappa shape index (κ2) is 6.19. The van der Waals surface area contributed by atoms with Gasteiger partial charge in [-0.25, -0.2) is 0 Å². The fraction of sp³-hybridized carbons (Fsp3) is 0.692. The van der Waals surface area contributed by atoms with E-state index in [4.69, 9.17) is 9.15 Å². The Bertz CT molecular complexity index is 332. The largest absolute Gasteiger partial charge is 0.462 e. The summed E-state index contributed by atoms with van der Waals surface area (Å²) in [6.07, 6.45) is 2.61. The Morgan fingerprint density at radius 3 is 2.82 bits per heavy atom. The maximum atomic E-state index is 5.67. The number of rotatable bonds is 8. The van der Waals surface area contributed by atoms with Gasteiger partial charge >= 0.3 is 0 Å². The molecule has 1 fully saturated rings. The van der Waals surface area contributed by atoms with Crippen molar-refractivity contribution in [3.8, 4) is 0 Å². The third kappa shape index (κ3) is 4.89. The molecule has 1 aromatic rings. The van der Waals surface area contributed by atoms with Crippen molar-refractivity contribution in [1.82, 2.24) is 10.2 Å². The van der Waals surface area contributed by atoms with Crippen LogP contribution in [0.4, 0.5) is 0 Å². The molecule has 0 aromatic carbocycles. The van der Waals surface area contributed by atoms with Crippen LogP contribution in [0.5, 0.6) is 0 Å². The third-order valence-corrected chi connectivity index (χ3v) is 2.79. The molecule has 4 heteroatoms. The number of nitrogens with one attached hydrogen (secondary N) is 1. The summed E-state index contributed by atoms with van der Waals surface area (Å²) in [5.74, 6) is 1.92. The molecule has 1 aromatic heterocycles. The minimum absolute atomic E-state index is 0.567. The lowest BCUT2D eigenvalue weighted by Crippen LogP contribution is -2.17. The van der Waals surface area contributed by atoms with Crippen molar-refractivity contribution < 1.29 is 9.15 Å². The predicted molar refractivity (Wildman–Crippen MR) is 66.8 cm³/mol. The molecule has 1 N–H and O–H groups in total. The molecule has 17 heavy (non-hydrogen) atoms. The van der Waals surface area contributed by atoms with E-state index in [1.165, 1.54) is 12.8 Å². The van der Waals surface area contributed by atoms with Gasteiger partial charge < -0.3 is 19.4 Å². The Morgan fingerprint density at radius 2 is 2.12 bits per heavy atom. The molecule has 0 aliphatic heterocycles. The van der Waals surface area contributed by atoms with Crippen LogP contribution in [-0.2, 0) is 17.9 Å². The average molecular weight is 238 g/mol. The van der Waals surface area contributed by atoms with Gasteiger partial charge in [0, 0.05) is 12.6 Å². The monoisotopic (exact) mass is 238 g/mol. The molecule has 96 valence electrons. The molecule has 0 unspecified atom stereocenters. The van der Waals surface area contributed by atoms with Gasteiger partial charge in [0.2, 0.25) is 0 Å². The zero-order chi connectivity index (χ0) is 12.1. The highest BCUT2D eigenvalue weighted by atomic mass is 16.5. The first-order chi connectivity index (χ1) is 8.24. The molecule has 0 bridgehead atoms. The molecule has 1 aliphatic carbocycles. The number of hydrogen-bond donors (Lipinski definition) is 1. The van der Waals surface area contributed by atoms with Crippen molar-refractivity contribution in [1.29, 1.82) is 0 Å². The summed E-state index contributed by atoms with van der Waals surface area (Å²) in [6, 6.07) is 4.75. The van der Waals surface area contributed by atoms with Crippen LogP contribution in [0.2, 0.25) is 0 Å². The lowest BCUT2D eigenvalue weighted by atomic mass is 10.4. The molecule has 0 radical (unpaired) electrons. The van der Waals surface area contributed by atoms with Crippen molar-refractivity contribution in [2.45, 2.75) is 32.0 Å². The van der Waals surface area contributed by atoms with E-state index in [1.807, 2.05) is 26.2 Å². The van der Waals surface area contributed by atoms with E-state index in [-0.39, 0.29) is 0 Å². The number of hydrogen-bond acceptors (Lipinski definition) is 4. The van der Waals surface area contributed by atoms with Gasteiger partial charge in [-0.15, -0.1) is 0 Å². The van der Waals surface area contributed by atoms with Crippen LogP contribution in [-0.4, -0.2) is 38.2 Å². The van der Waals surface area contributed by atoms with E-state index in [0.29, 0.717) is 6.61 Å². The molecule has 0 spiro atoms. The Hall–Kier alpha value is -0.840. The number of ether oxygens (including phenoxy) is 1. The summed E-state index contributed by atoms with van der Waals surface area (Å²) in [5.41, 5.74) is 0. The lowest BCUT2D eigenvalue weighted by molar-refractivity contribution is 0.0918. The summed E-state index contributed by atoms with van der Waals surface area (Å²) in [5, 5.41) is 3.43. The third-order valence-electron chi connectivity index (χ3n) is 2.79. The van der Waals surface area contributed by atoms with Gasteiger partial charge in [0.25, 0.3) is 0 Å². The highest BCUT2D eigenvalue weighted by Gasteiger charge is 2.20. The van der Waals surface area contributed by atoms with Crippen molar-refractivity contribution in [2.75, 3.05) is 27.2 Å². The van der Waals surface area contributed by atoms with Crippen molar-refractivity contribution in [2.24, 2.45) is 0 Å². The molecular formula is C13H22N2O2. The van der Waals surface area contributed by atoms with Gasteiger partial charge in [0.1, 0.15) is 18.1 Å². The number of nitrogens with zero attached hydrogens (tertiary/aromatic N) is 1. The first kappa shape index (κ1) is 12.6. The van der Waals surface area contributed by atoms with Gasteiger partial charge in [-0.1, -0.05) is 0 Å². The second-order valence-corrected chi connectivity index (χ2v) is 4.88. The predicted octanol–water partition coefficient (Wildman–Crippen LogP) is 1.61. The fourth-order valence-electron chi connectivity index (χ4n) is 1.55. The minimum atomic E-state index is 0.567. The summed E-state index contributed by atoms with van der Waals surface area (Å²) in [4.78, 5) is 2.10. The van der Waals surface area contributed by atoms with E-state index in [0.717, 1.165) is 37.3 Å². The Kier molecular flexibility index (Phi) is 4.59. The van der Waals surface area contributed by atoms with Gasteiger partial charge in [0.15, 0.2) is 0 Å². The Labute approximate surface area is 103 Å². The van der Waals surface area contributed by atoms with Crippen LogP contribution in [0.3, 0.4) is 0 Å². The molecule has 4 nitrogen and oxygen atoms in total. The second-order valence-electron chi connectivity index (χ2n) is 4.88. The molecule has 0 amide bonds. The maximum absolute atomic E-state index is 5.67. The quantitative estimate of drug-likeness (QED) is 0.698. The number of furan rings is 1. The topological polar surface area (TPSA) is 37.6 Å². The lowest BCUT2D eigenvalue weighted by Gasteiger charge is -2.08. The Balaban J connectivity index is 1.62. The zero-order valence-electron chi connectivity index (χ0n) is 10.7. The highest BCUT2D eigenvalue weighted by Crippen LogP contribution is 2.19. The summed E-state index contributed by atoms with van der Waals surface area (Å²) < 4.78 is 11.2. The van der Waals surface area contributed by atoms with Gasteiger partial charge in [-0.05, 0) is 39.1 Å². The van der Waals surface area contributed by atoms with Crippen LogP contribution in [0, 0.1) is 0 Å². The SMILES string of the molecule is CN(C)CCOCc1ccc(CNC2CC2)o1. The van der Waals surface area contributed by atoms with Crippen LogP contribution >= 0.6 is 0 Å². The van der Waals surface area contributed by atoms with Crippen molar-refractivity contribution >= 4 is 0 Å². The standard InChI is InChI=1S/C13H22N2O2/c1-15(2)7-8-16-10-13-6-5-12(17-13)9-14-11-3-4-11/h5-6,11,14H,3-4,7-10H2,1-2H3. The number of likely N-dealkylation sites (N-methyl/N-ethyl adjacent to an activating group) is 1. The van der Waals surface area contributed by atoms with E-state index in [1.54, 1.807) is 0 Å². The van der Waals surface area contributed by atoms with E-state index >= 15 is 0 Å². The summed E-state index contributed by atoms with van der Waals surface area (Å²) in [7, 11) is 4.08. The Morgan fingerprint density at radius 1 is 1.35 bits per heavy atom. The highest BCUT2D eigenvalue weighted by molar-refractivity contribution is 5.06. The molecule has 0 atom stereocenters. The van der Waals surface area contributed by atoms with Crippen molar-refractivity contribution in [3.63, 3.8) is 0 Å². The van der Waals surface area contributed by atoms with E-state index in [9.17, 15) is 0 Å². The molecule has 1 aliphatic rings. The van der Waals surface area contributed by atoms with E-state index in [2.05, 4.69) is 10.2 Å². The normalized spacial score (nSPS) is 15.7. The summed E-state index contributed by atoms with van der Waals surface area (Å²) >= 11 is 0. The smallest absolute Gasteiger partial charge is 0.129 e. The molecule has 1 heterocycles. The van der Waals surface area contributed by atoms with E-state index < -0.39 is 0 Å². The van der Waals surface area contributed by atoms with Crippen LogP contribution in [0.1, 0.15) is 24.4 Å².